The van der Waals surface area contributed by atoms with E-state index >= 15 is 0 Å². The Labute approximate surface area is 141 Å². The summed E-state index contributed by atoms with van der Waals surface area (Å²) in [4.78, 5) is 25.9. The lowest BCUT2D eigenvalue weighted by Crippen LogP contribution is -2.60. The van der Waals surface area contributed by atoms with Gasteiger partial charge in [-0.2, -0.15) is 4.99 Å². The third-order valence-corrected chi connectivity index (χ3v) is 4.09. The van der Waals surface area contributed by atoms with Gasteiger partial charge in [-0.25, -0.2) is 9.59 Å². The van der Waals surface area contributed by atoms with Gasteiger partial charge in [0.15, 0.2) is 0 Å². The van der Waals surface area contributed by atoms with Crippen molar-refractivity contribution in [3.8, 4) is 0 Å². The van der Waals surface area contributed by atoms with Gasteiger partial charge in [-0.15, -0.1) is 10.3 Å². The summed E-state index contributed by atoms with van der Waals surface area (Å²) in [6.45, 7) is 7.37. The van der Waals surface area contributed by atoms with E-state index in [1.54, 1.807) is 24.3 Å². The van der Waals surface area contributed by atoms with Crippen LogP contribution < -0.4 is 5.32 Å². The molecule has 0 saturated carbocycles. The molecule has 1 aromatic rings. The molecular weight excluding hydrogens is 310 g/mol. The van der Waals surface area contributed by atoms with Crippen LogP contribution in [0.15, 0.2) is 29.3 Å². The largest absolute Gasteiger partial charge is 0.446 e. The molecule has 0 spiro atoms. The number of rotatable bonds is 3. The fraction of sp³-hybridized carbons (Fsp3) is 0.529. The van der Waals surface area contributed by atoms with Crippen LogP contribution in [0.4, 0.5) is 16.2 Å². The number of carbonyl (C=O) groups is 1. The lowest BCUT2D eigenvalue weighted by molar-refractivity contribution is -0.297. The Morgan fingerprint density at radius 2 is 1.92 bits per heavy atom. The maximum atomic E-state index is 12.3. The van der Waals surface area contributed by atoms with Crippen molar-refractivity contribution in [2.24, 2.45) is 4.99 Å². The van der Waals surface area contributed by atoms with E-state index in [4.69, 9.17) is 4.74 Å². The minimum Gasteiger partial charge on any atom is -0.446 e. The maximum absolute atomic E-state index is 12.3. The summed E-state index contributed by atoms with van der Waals surface area (Å²) < 4.78 is 5.49. The van der Waals surface area contributed by atoms with Crippen molar-refractivity contribution in [1.29, 1.82) is 0 Å². The van der Waals surface area contributed by atoms with Gasteiger partial charge in [0.1, 0.15) is 6.10 Å². The Balaban J connectivity index is 2.02. The molecule has 1 fully saturated rings. The number of hydrogen-bond acceptors (Lipinski definition) is 5. The van der Waals surface area contributed by atoms with Crippen LogP contribution in [0.3, 0.4) is 0 Å². The first-order valence-electron chi connectivity index (χ1n) is 7.77. The normalized spacial score (nSPS) is 20.0. The molecule has 24 heavy (non-hydrogen) atoms. The fourth-order valence-electron chi connectivity index (χ4n) is 3.26. The Hall–Kier alpha value is -2.21. The third-order valence-electron chi connectivity index (χ3n) is 4.09. The molecule has 7 nitrogen and oxygen atoms in total. The van der Waals surface area contributed by atoms with Gasteiger partial charge in [-0.3, -0.25) is 5.32 Å². The quantitative estimate of drug-likeness (QED) is 0.676. The molecule has 1 amide bonds. The zero-order valence-electron chi connectivity index (χ0n) is 14.3. The molecule has 0 aliphatic carbocycles. The van der Waals surface area contributed by atoms with Crippen molar-refractivity contribution in [3.63, 3.8) is 0 Å². The zero-order chi connectivity index (χ0) is 18.0. The minimum absolute atomic E-state index is 0.351. The molecule has 0 bridgehead atoms. The van der Waals surface area contributed by atoms with E-state index in [0.29, 0.717) is 24.2 Å². The van der Waals surface area contributed by atoms with Crippen molar-refractivity contribution in [2.45, 2.75) is 57.7 Å². The van der Waals surface area contributed by atoms with Crippen LogP contribution >= 0.6 is 0 Å². The first-order chi connectivity index (χ1) is 11.1. The number of amides is 1. The molecule has 1 radical (unpaired) electrons. The summed E-state index contributed by atoms with van der Waals surface area (Å²) in [7, 11) is 0. The van der Waals surface area contributed by atoms with Crippen molar-refractivity contribution < 1.29 is 19.5 Å². The molecule has 2 rings (SSSR count). The second-order valence-corrected chi connectivity index (χ2v) is 7.23. The monoisotopic (exact) mass is 332 g/mol. The van der Waals surface area contributed by atoms with E-state index in [0.717, 1.165) is 5.06 Å². The first-order valence-corrected chi connectivity index (χ1v) is 7.77. The average Bonchev–Trinajstić information content (AvgIpc) is 2.44. The SMILES string of the molecule is CC1(C)CC(OC(=O)Nc2cccc(N=C=O)c2)CC(C)(C)N1[O]. The predicted octanol–water partition coefficient (Wildman–Crippen LogP) is 3.57. The van der Waals surface area contributed by atoms with Crippen LogP contribution in [0.1, 0.15) is 40.5 Å². The Bertz CT molecular complexity index is 648. The highest BCUT2D eigenvalue weighted by Gasteiger charge is 2.47. The number of anilines is 1. The number of aliphatic imine (C=N–C) groups is 1. The van der Waals surface area contributed by atoms with E-state index in [9.17, 15) is 14.8 Å². The summed E-state index contributed by atoms with van der Waals surface area (Å²) in [5, 5.41) is 16.0. The number of benzene rings is 1. The lowest BCUT2D eigenvalue weighted by atomic mass is 9.80. The summed E-state index contributed by atoms with van der Waals surface area (Å²) in [6, 6.07) is 6.49. The number of nitrogens with one attached hydrogen (secondary N) is 1. The lowest BCUT2D eigenvalue weighted by Gasteiger charge is -2.49. The zero-order valence-corrected chi connectivity index (χ0v) is 14.3. The summed E-state index contributed by atoms with van der Waals surface area (Å²) in [5.74, 6) is 0. The van der Waals surface area contributed by atoms with Gasteiger partial charge < -0.3 is 4.74 Å². The standard InChI is InChI=1S/C17H22N3O4/c1-16(2)9-14(10-17(3,4)20(16)23)24-15(22)19-13-7-5-6-12(8-13)18-11-21/h5-8,14H,9-10H2,1-4H3,(H,19,22). The molecule has 0 aromatic heterocycles. The summed E-state index contributed by atoms with van der Waals surface area (Å²) in [5.41, 5.74) is -0.350. The molecule has 1 aliphatic rings. The van der Waals surface area contributed by atoms with E-state index in [1.807, 2.05) is 27.7 Å². The number of isocyanates is 1. The Morgan fingerprint density at radius 1 is 1.29 bits per heavy atom. The highest BCUT2D eigenvalue weighted by atomic mass is 16.6. The molecule has 1 saturated heterocycles. The van der Waals surface area contributed by atoms with Crippen molar-refractivity contribution in [1.82, 2.24) is 5.06 Å². The van der Waals surface area contributed by atoms with E-state index in [2.05, 4.69) is 10.3 Å². The van der Waals surface area contributed by atoms with Crippen LogP contribution in [0, 0.1) is 0 Å². The first kappa shape index (κ1) is 18.1. The molecule has 0 unspecified atom stereocenters. The molecule has 129 valence electrons. The van der Waals surface area contributed by atoms with Gasteiger partial charge in [0.05, 0.1) is 5.69 Å². The number of carbonyl (C=O) groups excluding carboxylic acids is 2. The average molecular weight is 332 g/mol. The number of hydroxylamine groups is 2. The second kappa shape index (κ2) is 6.73. The molecule has 1 aliphatic heterocycles. The number of ether oxygens (including phenoxy) is 1. The molecular formula is C17H22N3O4. The molecule has 7 heteroatoms. The van der Waals surface area contributed by atoms with Crippen LogP contribution in [0.2, 0.25) is 0 Å². The van der Waals surface area contributed by atoms with Gasteiger partial charge in [0, 0.05) is 29.6 Å². The fourth-order valence-corrected chi connectivity index (χ4v) is 3.26. The van der Waals surface area contributed by atoms with Crippen LogP contribution in [0.5, 0.6) is 0 Å². The highest BCUT2D eigenvalue weighted by Crippen LogP contribution is 2.38. The topological polar surface area (TPSA) is 90.9 Å². The Morgan fingerprint density at radius 3 is 2.50 bits per heavy atom. The number of hydrogen-bond donors (Lipinski definition) is 1. The van der Waals surface area contributed by atoms with Gasteiger partial charge in [0.2, 0.25) is 6.08 Å². The maximum Gasteiger partial charge on any atom is 0.411 e. The van der Waals surface area contributed by atoms with E-state index in [1.165, 1.54) is 6.08 Å². The van der Waals surface area contributed by atoms with Crippen molar-refractivity contribution in [2.75, 3.05) is 5.32 Å². The third kappa shape index (κ3) is 4.20. The molecule has 1 aromatic carbocycles. The van der Waals surface area contributed by atoms with Gasteiger partial charge in [-0.1, -0.05) is 6.07 Å². The number of piperidine rings is 1. The Kier molecular flexibility index (Phi) is 5.08. The smallest absolute Gasteiger partial charge is 0.411 e. The van der Waals surface area contributed by atoms with Crippen molar-refractivity contribution in [3.05, 3.63) is 24.3 Å². The molecule has 0 atom stereocenters. The van der Waals surface area contributed by atoms with Gasteiger partial charge >= 0.3 is 6.09 Å². The van der Waals surface area contributed by atoms with Gasteiger partial charge in [-0.05, 0) is 45.9 Å². The van der Waals surface area contributed by atoms with Crippen LogP contribution in [-0.4, -0.2) is 34.4 Å². The van der Waals surface area contributed by atoms with Gasteiger partial charge in [0.25, 0.3) is 0 Å². The molecule has 1 N–H and O–H groups in total. The highest BCUT2D eigenvalue weighted by molar-refractivity contribution is 5.85. The van der Waals surface area contributed by atoms with Crippen molar-refractivity contribution >= 4 is 23.5 Å². The van der Waals surface area contributed by atoms with Crippen LogP contribution in [0.25, 0.3) is 0 Å². The summed E-state index contributed by atoms with van der Waals surface area (Å²) >= 11 is 0. The van der Waals surface area contributed by atoms with E-state index < -0.39 is 17.2 Å². The summed E-state index contributed by atoms with van der Waals surface area (Å²) in [6.07, 6.45) is 1.42. The van der Waals surface area contributed by atoms with Crippen LogP contribution in [-0.2, 0) is 14.7 Å². The van der Waals surface area contributed by atoms with E-state index in [-0.39, 0.29) is 6.10 Å². The molecule has 1 heterocycles. The number of nitrogens with zero attached hydrogens (tertiary/aromatic N) is 2. The minimum atomic E-state index is -0.606. The second-order valence-electron chi connectivity index (χ2n) is 7.23. The predicted molar refractivity (Wildman–Crippen MR) is 88.0 cm³/mol.